The van der Waals surface area contributed by atoms with Crippen LogP contribution in [0.4, 0.5) is 0 Å². The van der Waals surface area contributed by atoms with E-state index >= 15 is 0 Å². The molecule has 1 aromatic carbocycles. The Bertz CT molecular complexity index is 853. The minimum Gasteiger partial charge on any atom is -0.381 e. The van der Waals surface area contributed by atoms with Crippen molar-refractivity contribution in [1.82, 2.24) is 19.8 Å². The van der Waals surface area contributed by atoms with Crippen LogP contribution in [0.2, 0.25) is 5.02 Å². The smallest absolute Gasteiger partial charge is 0.193 e. The minimum absolute atomic E-state index is 0. The average Bonchev–Trinajstić information content (AvgIpc) is 3.30. The van der Waals surface area contributed by atoms with E-state index in [1.165, 1.54) is 5.56 Å². The molecule has 170 valence electrons. The predicted molar refractivity (Wildman–Crippen MR) is 137 cm³/mol. The second kappa shape index (κ2) is 11.0. The number of hydrogen-bond donors (Lipinski definition) is 1. The lowest BCUT2D eigenvalue weighted by Crippen LogP contribution is -2.52. The van der Waals surface area contributed by atoms with E-state index in [-0.39, 0.29) is 29.4 Å². The summed E-state index contributed by atoms with van der Waals surface area (Å²) in [7, 11) is 1.88. The van der Waals surface area contributed by atoms with Gasteiger partial charge in [0.2, 0.25) is 0 Å². The van der Waals surface area contributed by atoms with Crippen molar-refractivity contribution in [2.24, 2.45) is 10.9 Å². The molecule has 2 atom stereocenters. The molecule has 3 heterocycles. The zero-order valence-corrected chi connectivity index (χ0v) is 21.4. The molecule has 2 aromatic rings. The lowest BCUT2D eigenvalue weighted by Gasteiger charge is -2.42. The van der Waals surface area contributed by atoms with Crippen LogP contribution in [0, 0.1) is 5.92 Å². The SMILES string of the molecule is CN=C(NCC1(c2cccc(Cl)c2)CCOCC1)N1CCC(C)C(n2ccnc2)C1.I. The Hall–Kier alpha value is -1.32. The summed E-state index contributed by atoms with van der Waals surface area (Å²) in [5.41, 5.74) is 1.29. The largest absolute Gasteiger partial charge is 0.381 e. The van der Waals surface area contributed by atoms with Gasteiger partial charge in [0.05, 0.1) is 12.4 Å². The number of nitrogens with zero attached hydrogens (tertiary/aromatic N) is 4. The number of rotatable bonds is 4. The number of likely N-dealkylation sites (tertiary alicyclic amines) is 1. The Morgan fingerprint density at radius 3 is 2.84 bits per heavy atom. The maximum atomic E-state index is 6.33. The third-order valence-electron chi connectivity index (χ3n) is 6.81. The third kappa shape index (κ3) is 5.54. The van der Waals surface area contributed by atoms with Crippen LogP contribution in [-0.2, 0) is 10.2 Å². The number of imidazole rings is 1. The van der Waals surface area contributed by atoms with Crippen molar-refractivity contribution in [3.05, 3.63) is 53.6 Å². The first-order valence-corrected chi connectivity index (χ1v) is 11.3. The molecule has 0 saturated carbocycles. The molecular formula is C23H33ClIN5O. The van der Waals surface area contributed by atoms with Crippen LogP contribution in [-0.4, -0.2) is 60.3 Å². The molecular weight excluding hydrogens is 525 g/mol. The molecule has 0 radical (unpaired) electrons. The fourth-order valence-corrected chi connectivity index (χ4v) is 5.01. The third-order valence-corrected chi connectivity index (χ3v) is 7.04. The summed E-state index contributed by atoms with van der Waals surface area (Å²) < 4.78 is 7.92. The van der Waals surface area contributed by atoms with Crippen molar-refractivity contribution in [3.63, 3.8) is 0 Å². The fourth-order valence-electron chi connectivity index (χ4n) is 4.82. The molecule has 0 bridgehead atoms. The molecule has 2 saturated heterocycles. The van der Waals surface area contributed by atoms with E-state index in [1.807, 2.05) is 31.7 Å². The van der Waals surface area contributed by atoms with Crippen LogP contribution in [0.15, 0.2) is 48.0 Å². The lowest BCUT2D eigenvalue weighted by molar-refractivity contribution is 0.0510. The number of halogens is 2. The van der Waals surface area contributed by atoms with E-state index in [0.29, 0.717) is 12.0 Å². The molecule has 2 fully saturated rings. The number of piperidine rings is 1. The molecule has 2 aliphatic heterocycles. The van der Waals surface area contributed by atoms with Gasteiger partial charge in [-0.25, -0.2) is 4.98 Å². The Kier molecular flexibility index (Phi) is 8.64. The van der Waals surface area contributed by atoms with Crippen LogP contribution in [0.5, 0.6) is 0 Å². The van der Waals surface area contributed by atoms with Crippen molar-refractivity contribution in [3.8, 4) is 0 Å². The molecule has 0 aliphatic carbocycles. The number of benzene rings is 1. The second-order valence-electron chi connectivity index (χ2n) is 8.59. The van der Waals surface area contributed by atoms with Gasteiger partial charge in [-0.2, -0.15) is 0 Å². The van der Waals surface area contributed by atoms with Crippen molar-refractivity contribution < 1.29 is 4.74 Å². The zero-order valence-electron chi connectivity index (χ0n) is 18.3. The van der Waals surface area contributed by atoms with E-state index in [9.17, 15) is 0 Å². The molecule has 6 nitrogen and oxygen atoms in total. The number of aliphatic imine (C=N–C) groups is 1. The van der Waals surface area contributed by atoms with E-state index < -0.39 is 0 Å². The standard InChI is InChI=1S/C23H32ClN5O.HI/c1-18-6-10-28(15-21(18)29-11-9-26-17-29)22(25-2)27-16-23(7-12-30-13-8-23)19-4-3-5-20(24)14-19;/h3-5,9,11,14,17-18,21H,6-8,10,12-13,15-16H2,1-2H3,(H,25,27);1H. The van der Waals surface area contributed by atoms with Crippen LogP contribution in [0.1, 0.15) is 37.8 Å². The molecule has 8 heteroatoms. The fraction of sp³-hybridized carbons (Fsp3) is 0.565. The molecule has 1 N–H and O–H groups in total. The van der Waals surface area contributed by atoms with Crippen molar-refractivity contribution in [2.45, 2.75) is 37.6 Å². The summed E-state index contributed by atoms with van der Waals surface area (Å²) in [6.45, 7) is 6.65. The lowest BCUT2D eigenvalue weighted by atomic mass is 9.74. The molecule has 0 amide bonds. The second-order valence-corrected chi connectivity index (χ2v) is 9.03. The first kappa shape index (κ1) is 24.3. The highest BCUT2D eigenvalue weighted by atomic mass is 127. The topological polar surface area (TPSA) is 54.7 Å². The Balaban J connectivity index is 0.00000272. The van der Waals surface area contributed by atoms with Gasteiger partial charge < -0.3 is 19.5 Å². The van der Waals surface area contributed by atoms with Gasteiger partial charge in [0, 0.05) is 62.7 Å². The van der Waals surface area contributed by atoms with Gasteiger partial charge >= 0.3 is 0 Å². The van der Waals surface area contributed by atoms with Gasteiger partial charge in [0.1, 0.15) is 0 Å². The molecule has 2 unspecified atom stereocenters. The highest BCUT2D eigenvalue weighted by Crippen LogP contribution is 2.35. The first-order chi connectivity index (χ1) is 14.6. The quantitative estimate of drug-likeness (QED) is 0.345. The van der Waals surface area contributed by atoms with Gasteiger partial charge in [0.25, 0.3) is 0 Å². The summed E-state index contributed by atoms with van der Waals surface area (Å²) in [6, 6.07) is 8.69. The molecule has 0 spiro atoms. The average molecular weight is 558 g/mol. The number of aromatic nitrogens is 2. The monoisotopic (exact) mass is 557 g/mol. The van der Waals surface area contributed by atoms with Crippen LogP contribution >= 0.6 is 35.6 Å². The van der Waals surface area contributed by atoms with Gasteiger partial charge in [-0.05, 0) is 42.9 Å². The summed E-state index contributed by atoms with van der Waals surface area (Å²) >= 11 is 6.33. The first-order valence-electron chi connectivity index (χ1n) is 10.9. The number of guanidine groups is 1. The highest BCUT2D eigenvalue weighted by Gasteiger charge is 2.36. The molecule has 4 rings (SSSR count). The summed E-state index contributed by atoms with van der Waals surface area (Å²) in [5, 5.41) is 4.49. The number of ether oxygens (including phenoxy) is 1. The van der Waals surface area contributed by atoms with E-state index in [0.717, 1.165) is 63.1 Å². The van der Waals surface area contributed by atoms with Crippen molar-refractivity contribution in [1.29, 1.82) is 0 Å². The summed E-state index contributed by atoms with van der Waals surface area (Å²) in [4.78, 5) is 11.3. The summed E-state index contributed by atoms with van der Waals surface area (Å²) in [5.74, 6) is 1.58. The number of hydrogen-bond acceptors (Lipinski definition) is 3. The van der Waals surface area contributed by atoms with Crippen LogP contribution in [0.25, 0.3) is 0 Å². The highest BCUT2D eigenvalue weighted by molar-refractivity contribution is 14.0. The van der Waals surface area contributed by atoms with E-state index in [2.05, 4.69) is 50.0 Å². The van der Waals surface area contributed by atoms with Gasteiger partial charge in [-0.1, -0.05) is 30.7 Å². The minimum atomic E-state index is 0. The zero-order chi connectivity index (χ0) is 21.0. The molecule has 1 aromatic heterocycles. The maximum Gasteiger partial charge on any atom is 0.193 e. The predicted octanol–water partition coefficient (Wildman–Crippen LogP) is 4.36. The van der Waals surface area contributed by atoms with E-state index in [1.54, 1.807) is 0 Å². The van der Waals surface area contributed by atoms with E-state index in [4.69, 9.17) is 16.3 Å². The van der Waals surface area contributed by atoms with Gasteiger partial charge in [-0.15, -0.1) is 24.0 Å². The van der Waals surface area contributed by atoms with Crippen molar-refractivity contribution in [2.75, 3.05) is 39.9 Å². The van der Waals surface area contributed by atoms with Crippen LogP contribution < -0.4 is 5.32 Å². The normalized spacial score (nSPS) is 23.8. The Morgan fingerprint density at radius 2 is 2.16 bits per heavy atom. The van der Waals surface area contributed by atoms with Gasteiger partial charge in [-0.3, -0.25) is 4.99 Å². The summed E-state index contributed by atoms with van der Waals surface area (Å²) in [6.07, 6.45) is 8.95. The van der Waals surface area contributed by atoms with Gasteiger partial charge in [0.15, 0.2) is 5.96 Å². The number of nitrogens with one attached hydrogen (secondary N) is 1. The Morgan fingerprint density at radius 1 is 1.35 bits per heavy atom. The molecule has 2 aliphatic rings. The Labute approximate surface area is 207 Å². The molecule has 31 heavy (non-hydrogen) atoms. The van der Waals surface area contributed by atoms with Crippen molar-refractivity contribution >= 4 is 41.5 Å². The van der Waals surface area contributed by atoms with Crippen LogP contribution in [0.3, 0.4) is 0 Å². The maximum absolute atomic E-state index is 6.33.